The highest BCUT2D eigenvalue weighted by atomic mass is 127. The van der Waals surface area contributed by atoms with Crippen molar-refractivity contribution < 1.29 is 4.39 Å². The van der Waals surface area contributed by atoms with Gasteiger partial charge in [-0.3, -0.25) is 4.99 Å². The lowest BCUT2D eigenvalue weighted by molar-refractivity contribution is 0.560. The number of hydrogen-bond acceptors (Lipinski definition) is 1. The van der Waals surface area contributed by atoms with E-state index < -0.39 is 4.18 Å². The summed E-state index contributed by atoms with van der Waals surface area (Å²) in [6.07, 6.45) is 3.49. The average Bonchev–Trinajstić information content (AvgIpc) is 1.87. The third kappa shape index (κ3) is 3.98. The van der Waals surface area contributed by atoms with Gasteiger partial charge in [-0.05, 0) is 42.5 Å². The van der Waals surface area contributed by atoms with E-state index in [9.17, 15) is 4.39 Å². The van der Waals surface area contributed by atoms with Crippen LogP contribution in [0.4, 0.5) is 4.39 Å². The van der Waals surface area contributed by atoms with Crippen LogP contribution >= 0.6 is 22.6 Å². The SMILES string of the molecule is C/C=C\C(=NCC)C(F)I. The molecule has 0 fully saturated rings. The maximum absolute atomic E-state index is 12.5. The molecule has 0 aliphatic heterocycles. The maximum atomic E-state index is 12.5. The van der Waals surface area contributed by atoms with Crippen molar-refractivity contribution >= 4 is 28.3 Å². The molecule has 0 amide bonds. The molecule has 10 heavy (non-hydrogen) atoms. The summed E-state index contributed by atoms with van der Waals surface area (Å²) in [6, 6.07) is 0. The van der Waals surface area contributed by atoms with E-state index in [1.165, 1.54) is 0 Å². The first-order valence-corrected chi connectivity index (χ1v) is 4.42. The van der Waals surface area contributed by atoms with Crippen molar-refractivity contribution in [1.82, 2.24) is 0 Å². The van der Waals surface area contributed by atoms with E-state index in [4.69, 9.17) is 0 Å². The number of halogens is 2. The van der Waals surface area contributed by atoms with Crippen molar-refractivity contribution in [3.8, 4) is 0 Å². The molecule has 0 rings (SSSR count). The van der Waals surface area contributed by atoms with Gasteiger partial charge in [-0.15, -0.1) is 0 Å². The number of alkyl halides is 2. The van der Waals surface area contributed by atoms with Crippen LogP contribution in [-0.4, -0.2) is 16.4 Å². The molecule has 0 heterocycles. The Balaban J connectivity index is 4.11. The molecular formula is C7H11FIN. The second-order valence-corrected chi connectivity index (χ2v) is 2.79. The molecule has 1 unspecified atom stereocenters. The maximum Gasteiger partial charge on any atom is 0.192 e. The summed E-state index contributed by atoms with van der Waals surface area (Å²) in [5.41, 5.74) is 0.519. The second-order valence-electron chi connectivity index (χ2n) is 1.70. The molecule has 0 spiro atoms. The number of rotatable bonds is 3. The molecule has 1 nitrogen and oxygen atoms in total. The molecule has 0 aliphatic rings. The standard InChI is InChI=1S/C7H11FIN/c1-3-5-6(7(8)9)10-4-2/h3,5,7H,4H2,1-2H3/b5-3-,10-6?. The Kier molecular flexibility index (Phi) is 5.87. The molecule has 0 N–H and O–H groups in total. The summed E-state index contributed by atoms with van der Waals surface area (Å²) in [4.78, 5) is 3.96. The molecule has 0 aromatic rings. The fraction of sp³-hybridized carbons (Fsp3) is 0.571. The zero-order valence-electron chi connectivity index (χ0n) is 6.14. The largest absolute Gasteiger partial charge is 0.286 e. The lowest BCUT2D eigenvalue weighted by Crippen LogP contribution is -2.04. The quantitative estimate of drug-likeness (QED) is 0.417. The molecule has 3 heteroatoms. The summed E-state index contributed by atoms with van der Waals surface area (Å²) in [5.74, 6) is 0. The first-order chi connectivity index (χ1) is 4.72. The number of hydrogen-bond donors (Lipinski definition) is 0. The van der Waals surface area contributed by atoms with Gasteiger partial charge in [0.1, 0.15) is 0 Å². The Hall–Kier alpha value is 0.0700. The minimum atomic E-state index is -0.978. The molecule has 1 atom stereocenters. The number of aliphatic imine (C=N–C) groups is 1. The van der Waals surface area contributed by atoms with Gasteiger partial charge in [0, 0.05) is 6.54 Å². The van der Waals surface area contributed by atoms with Crippen LogP contribution in [0.1, 0.15) is 13.8 Å². The van der Waals surface area contributed by atoms with Crippen LogP contribution in [0.2, 0.25) is 0 Å². The minimum absolute atomic E-state index is 0.519. The average molecular weight is 255 g/mol. The van der Waals surface area contributed by atoms with Gasteiger partial charge in [-0.1, -0.05) is 6.08 Å². The van der Waals surface area contributed by atoms with Crippen LogP contribution in [0, 0.1) is 0 Å². The van der Waals surface area contributed by atoms with Gasteiger partial charge in [-0.2, -0.15) is 0 Å². The summed E-state index contributed by atoms with van der Waals surface area (Å²) in [6.45, 7) is 4.38. The van der Waals surface area contributed by atoms with Gasteiger partial charge in [0.2, 0.25) is 0 Å². The molecule has 58 valence electrons. The summed E-state index contributed by atoms with van der Waals surface area (Å²) in [7, 11) is 0. The predicted octanol–water partition coefficient (Wildman–Crippen LogP) is 2.75. The van der Waals surface area contributed by atoms with Crippen molar-refractivity contribution in [3.05, 3.63) is 12.2 Å². The van der Waals surface area contributed by atoms with Crippen LogP contribution in [-0.2, 0) is 0 Å². The van der Waals surface area contributed by atoms with Crippen molar-refractivity contribution in [3.63, 3.8) is 0 Å². The Bertz CT molecular complexity index is 141. The van der Waals surface area contributed by atoms with Crippen molar-refractivity contribution in [2.45, 2.75) is 18.0 Å². The third-order valence-corrected chi connectivity index (χ3v) is 1.54. The van der Waals surface area contributed by atoms with Gasteiger partial charge in [0.15, 0.2) is 4.18 Å². The first kappa shape index (κ1) is 10.1. The van der Waals surface area contributed by atoms with E-state index in [1.54, 1.807) is 34.7 Å². The van der Waals surface area contributed by atoms with Gasteiger partial charge >= 0.3 is 0 Å². The molecule has 0 saturated carbocycles. The second kappa shape index (κ2) is 5.82. The van der Waals surface area contributed by atoms with E-state index in [2.05, 4.69) is 4.99 Å². The van der Waals surface area contributed by atoms with Crippen LogP contribution in [0.5, 0.6) is 0 Å². The van der Waals surface area contributed by atoms with Crippen molar-refractivity contribution in [1.29, 1.82) is 0 Å². The van der Waals surface area contributed by atoms with E-state index in [-0.39, 0.29) is 0 Å². The van der Waals surface area contributed by atoms with Crippen LogP contribution in [0.25, 0.3) is 0 Å². The molecule has 0 radical (unpaired) electrons. The third-order valence-electron chi connectivity index (χ3n) is 0.902. The summed E-state index contributed by atoms with van der Waals surface area (Å²) >= 11 is 1.70. The molecule has 0 saturated heterocycles. The van der Waals surface area contributed by atoms with Crippen LogP contribution in [0.3, 0.4) is 0 Å². The van der Waals surface area contributed by atoms with Crippen LogP contribution in [0.15, 0.2) is 17.1 Å². The molecule has 0 aliphatic carbocycles. The van der Waals surface area contributed by atoms with Gasteiger partial charge in [0.25, 0.3) is 0 Å². The lowest BCUT2D eigenvalue weighted by Gasteiger charge is -1.97. The van der Waals surface area contributed by atoms with Gasteiger partial charge < -0.3 is 0 Å². The molecule has 0 aromatic carbocycles. The Morgan fingerprint density at radius 1 is 1.80 bits per heavy atom. The van der Waals surface area contributed by atoms with Crippen molar-refractivity contribution in [2.75, 3.05) is 6.54 Å². The normalized spacial score (nSPS) is 16.2. The lowest BCUT2D eigenvalue weighted by atomic mass is 10.3. The molecular weight excluding hydrogens is 244 g/mol. The minimum Gasteiger partial charge on any atom is -0.286 e. The van der Waals surface area contributed by atoms with E-state index >= 15 is 0 Å². The fourth-order valence-electron chi connectivity index (χ4n) is 0.548. The Morgan fingerprint density at radius 2 is 2.40 bits per heavy atom. The highest BCUT2D eigenvalue weighted by Gasteiger charge is 2.04. The van der Waals surface area contributed by atoms with Gasteiger partial charge in [-0.25, -0.2) is 4.39 Å². The van der Waals surface area contributed by atoms with Crippen molar-refractivity contribution in [2.24, 2.45) is 4.99 Å². The molecule has 0 aromatic heterocycles. The topological polar surface area (TPSA) is 12.4 Å². The Morgan fingerprint density at radius 3 is 2.70 bits per heavy atom. The van der Waals surface area contributed by atoms with Crippen LogP contribution < -0.4 is 0 Å². The fourth-order valence-corrected chi connectivity index (χ4v) is 0.952. The van der Waals surface area contributed by atoms with Gasteiger partial charge in [0.05, 0.1) is 5.71 Å². The van der Waals surface area contributed by atoms with E-state index in [0.29, 0.717) is 12.3 Å². The smallest absolute Gasteiger partial charge is 0.192 e. The first-order valence-electron chi connectivity index (χ1n) is 3.17. The monoisotopic (exact) mass is 255 g/mol. The number of allylic oxidation sites excluding steroid dienone is 2. The molecule has 0 bridgehead atoms. The Labute approximate surface area is 74.6 Å². The number of nitrogens with zero attached hydrogens (tertiary/aromatic N) is 1. The zero-order valence-corrected chi connectivity index (χ0v) is 8.30. The van der Waals surface area contributed by atoms with E-state index in [1.807, 2.05) is 13.8 Å². The zero-order chi connectivity index (χ0) is 7.98. The summed E-state index contributed by atoms with van der Waals surface area (Å²) < 4.78 is 11.6. The highest BCUT2D eigenvalue weighted by Crippen LogP contribution is 2.05. The summed E-state index contributed by atoms with van der Waals surface area (Å²) in [5, 5.41) is 0. The predicted molar refractivity (Wildman–Crippen MR) is 51.7 cm³/mol. The van der Waals surface area contributed by atoms with E-state index in [0.717, 1.165) is 0 Å². The highest BCUT2D eigenvalue weighted by molar-refractivity contribution is 14.1.